The van der Waals surface area contributed by atoms with Crippen molar-refractivity contribution in [3.05, 3.63) is 23.8 Å². The Balaban J connectivity index is 1.54. The maximum Gasteiger partial charge on any atom is 0.351 e. The van der Waals surface area contributed by atoms with Gasteiger partial charge < -0.3 is 14.6 Å². The van der Waals surface area contributed by atoms with Crippen LogP contribution in [-0.4, -0.2) is 52.7 Å². The fourth-order valence-corrected chi connectivity index (χ4v) is 9.71. The molecule has 0 bridgehead atoms. The van der Waals surface area contributed by atoms with Crippen LogP contribution in [0.3, 0.4) is 0 Å². The summed E-state index contributed by atoms with van der Waals surface area (Å²) in [5.41, 5.74) is -3.42. The molecule has 0 spiro atoms. The molecule has 0 aromatic heterocycles. The van der Waals surface area contributed by atoms with Gasteiger partial charge in [0, 0.05) is 23.2 Å². The molecule has 5 aliphatic rings. The molecule has 0 aromatic carbocycles. The number of ether oxygens (including phenoxy) is 2. The Morgan fingerprint density at radius 3 is 2.50 bits per heavy atom. The van der Waals surface area contributed by atoms with E-state index in [0.29, 0.717) is 12.0 Å². The number of aliphatic hydroxyl groups excluding tert-OH is 1. The molecule has 5 rings (SSSR count). The Morgan fingerprint density at radius 2 is 1.84 bits per heavy atom. The molecule has 38 heavy (non-hydrogen) atoms. The lowest BCUT2D eigenvalue weighted by molar-refractivity contribution is -0.216. The van der Waals surface area contributed by atoms with Crippen molar-refractivity contribution >= 4 is 29.3 Å². The van der Waals surface area contributed by atoms with Crippen molar-refractivity contribution in [2.45, 2.75) is 101 Å². The van der Waals surface area contributed by atoms with Gasteiger partial charge in [0.05, 0.1) is 18.1 Å². The fourth-order valence-electron chi connectivity index (χ4n) is 9.22. The average Bonchev–Trinajstić information content (AvgIpc) is 3.09. The number of allylic oxidation sites excluding steroid dienone is 4. The fraction of sp³-hybridized carbons (Fsp3) is 0.767. The summed E-state index contributed by atoms with van der Waals surface area (Å²) in [5.74, 6) is -2.39. The summed E-state index contributed by atoms with van der Waals surface area (Å²) >= 11 is 7.43. The van der Waals surface area contributed by atoms with E-state index in [-0.39, 0.29) is 36.9 Å². The Bertz CT molecular complexity index is 1080. The van der Waals surface area contributed by atoms with Gasteiger partial charge in [0.2, 0.25) is 5.60 Å². The zero-order valence-electron chi connectivity index (χ0n) is 22.8. The first kappa shape index (κ1) is 27.8. The Hall–Kier alpha value is -1.73. The topological polar surface area (TPSA) is 89.9 Å². The number of fused-ring (bicyclic) bond motifs is 5. The smallest absolute Gasteiger partial charge is 0.351 e. The van der Waals surface area contributed by atoms with Crippen LogP contribution in [0.25, 0.3) is 0 Å². The van der Waals surface area contributed by atoms with Crippen molar-refractivity contribution < 1.29 is 33.4 Å². The molecule has 4 fully saturated rings. The van der Waals surface area contributed by atoms with Gasteiger partial charge in [-0.3, -0.25) is 9.59 Å². The first-order chi connectivity index (χ1) is 17.8. The number of methoxy groups -OCH3 is 1. The highest BCUT2D eigenvalue weighted by Gasteiger charge is 2.77. The molecule has 0 heterocycles. The summed E-state index contributed by atoms with van der Waals surface area (Å²) in [6, 6.07) is 0. The third-order valence-corrected chi connectivity index (χ3v) is 12.0. The third kappa shape index (κ3) is 3.63. The number of halogens is 2. The van der Waals surface area contributed by atoms with Gasteiger partial charge in [0.25, 0.3) is 0 Å². The molecule has 6 nitrogen and oxygen atoms in total. The van der Waals surface area contributed by atoms with E-state index < -0.39 is 57.4 Å². The Labute approximate surface area is 229 Å². The first-order valence-corrected chi connectivity index (χ1v) is 14.5. The number of ketones is 1. The quantitative estimate of drug-likeness (QED) is 0.380. The molecule has 0 amide bonds. The number of alkyl halides is 2. The molecule has 0 saturated heterocycles. The minimum atomic E-state index is -1.61. The second-order valence-electron chi connectivity index (χ2n) is 12.9. The molecule has 4 saturated carbocycles. The van der Waals surface area contributed by atoms with E-state index in [1.54, 1.807) is 13.0 Å². The number of rotatable bonds is 4. The predicted molar refractivity (Wildman–Crippen MR) is 140 cm³/mol. The van der Waals surface area contributed by atoms with Gasteiger partial charge in [-0.05, 0) is 67.6 Å². The second kappa shape index (κ2) is 9.43. The van der Waals surface area contributed by atoms with Crippen molar-refractivity contribution in [3.63, 3.8) is 0 Å². The largest absolute Gasteiger partial charge is 0.466 e. The highest BCUT2D eigenvalue weighted by Crippen LogP contribution is 2.72. The van der Waals surface area contributed by atoms with Gasteiger partial charge in [-0.15, -0.1) is 11.6 Å². The van der Waals surface area contributed by atoms with E-state index in [2.05, 4.69) is 0 Å². The third-order valence-electron chi connectivity index (χ3n) is 11.1. The summed E-state index contributed by atoms with van der Waals surface area (Å²) in [6.07, 6.45) is 7.86. The number of aliphatic hydroxyl groups is 1. The summed E-state index contributed by atoms with van der Waals surface area (Å²) in [7, 11) is 1.29. The molecule has 9 atom stereocenters. The summed E-state index contributed by atoms with van der Waals surface area (Å²) < 4.78 is 27.3. The number of esters is 2. The molecular weight excluding hydrogens is 511 g/mol. The SMILES string of the molecule is COC(=O)[C@@]1(OC(=O)CC2CCCCC2)[C@H](C)C[C@H]2[C@@H]3C[C@H](F)C4=CC(=O)C=C[C@]4(C)[C@@]3(Cl)[C@@H](O)C[C@@]21C. The van der Waals surface area contributed by atoms with E-state index >= 15 is 4.39 Å². The zero-order chi connectivity index (χ0) is 27.7. The first-order valence-electron chi connectivity index (χ1n) is 14.1. The van der Waals surface area contributed by atoms with E-state index in [4.69, 9.17) is 21.1 Å². The summed E-state index contributed by atoms with van der Waals surface area (Å²) in [6.45, 7) is 5.53. The van der Waals surface area contributed by atoms with Crippen molar-refractivity contribution in [3.8, 4) is 0 Å². The van der Waals surface area contributed by atoms with Crippen molar-refractivity contribution in [1.82, 2.24) is 0 Å². The number of hydrogen-bond donors (Lipinski definition) is 1. The van der Waals surface area contributed by atoms with Gasteiger partial charge >= 0.3 is 11.9 Å². The Morgan fingerprint density at radius 1 is 1.16 bits per heavy atom. The minimum Gasteiger partial charge on any atom is -0.466 e. The monoisotopic (exact) mass is 550 g/mol. The van der Waals surface area contributed by atoms with Crippen LogP contribution in [0.15, 0.2) is 23.8 Å². The van der Waals surface area contributed by atoms with Crippen LogP contribution in [0.2, 0.25) is 0 Å². The molecule has 0 radical (unpaired) electrons. The zero-order valence-corrected chi connectivity index (χ0v) is 23.6. The Kier molecular flexibility index (Phi) is 6.91. The average molecular weight is 551 g/mol. The number of hydrogen-bond acceptors (Lipinski definition) is 6. The van der Waals surface area contributed by atoms with E-state index in [1.807, 2.05) is 13.8 Å². The van der Waals surface area contributed by atoms with Crippen LogP contribution in [0.1, 0.15) is 78.6 Å². The summed E-state index contributed by atoms with van der Waals surface area (Å²) in [4.78, 5) is 37.8. The highest BCUT2D eigenvalue weighted by molar-refractivity contribution is 6.26. The van der Waals surface area contributed by atoms with Crippen LogP contribution >= 0.6 is 11.6 Å². The van der Waals surface area contributed by atoms with Gasteiger partial charge in [-0.1, -0.05) is 46.1 Å². The lowest BCUT2D eigenvalue weighted by atomic mass is 9.45. The molecular formula is C30H40ClFO6. The molecule has 210 valence electrons. The molecule has 8 heteroatoms. The van der Waals surface area contributed by atoms with Gasteiger partial charge in [0.1, 0.15) is 6.17 Å². The molecule has 0 unspecified atom stereocenters. The normalized spacial score (nSPS) is 46.4. The van der Waals surface area contributed by atoms with E-state index in [9.17, 15) is 19.5 Å². The lowest BCUT2D eigenvalue weighted by Gasteiger charge is -2.64. The van der Waals surface area contributed by atoms with Crippen LogP contribution in [-0.2, 0) is 23.9 Å². The molecule has 1 N–H and O–H groups in total. The van der Waals surface area contributed by atoms with E-state index in [1.165, 1.54) is 25.7 Å². The van der Waals surface area contributed by atoms with Crippen LogP contribution in [0.4, 0.5) is 4.39 Å². The van der Waals surface area contributed by atoms with Gasteiger partial charge in [-0.2, -0.15) is 0 Å². The second-order valence-corrected chi connectivity index (χ2v) is 13.5. The highest BCUT2D eigenvalue weighted by atomic mass is 35.5. The molecule has 0 aromatic rings. The van der Waals surface area contributed by atoms with Crippen LogP contribution < -0.4 is 0 Å². The number of carbonyl (C=O) groups excluding carboxylic acids is 3. The molecule has 0 aliphatic heterocycles. The predicted octanol–water partition coefficient (Wildman–Crippen LogP) is 5.25. The van der Waals surface area contributed by atoms with Gasteiger partial charge in [-0.25, -0.2) is 9.18 Å². The van der Waals surface area contributed by atoms with Crippen molar-refractivity contribution in [2.75, 3.05) is 7.11 Å². The molecule has 5 aliphatic carbocycles. The van der Waals surface area contributed by atoms with E-state index in [0.717, 1.165) is 25.7 Å². The lowest BCUT2D eigenvalue weighted by Crippen LogP contribution is -2.70. The maximum absolute atomic E-state index is 15.8. The van der Waals surface area contributed by atoms with Crippen LogP contribution in [0.5, 0.6) is 0 Å². The maximum atomic E-state index is 15.8. The van der Waals surface area contributed by atoms with Crippen molar-refractivity contribution in [1.29, 1.82) is 0 Å². The van der Waals surface area contributed by atoms with Crippen molar-refractivity contribution in [2.24, 2.45) is 34.5 Å². The summed E-state index contributed by atoms with van der Waals surface area (Å²) in [5, 5.41) is 11.8. The van der Waals surface area contributed by atoms with Gasteiger partial charge in [0.15, 0.2) is 5.78 Å². The minimum absolute atomic E-state index is 0.0172. The standard InChI is InChI=1S/C30H40ClFO6/c1-17-12-20-21-15-23(32)22-14-19(33)10-11-27(22,2)29(21,31)24(34)16-28(20,3)30(17,26(36)37-4)38-25(35)13-18-8-6-5-7-9-18/h10-11,14,17-18,20-21,23-24,34H,5-9,12-13,15-16H2,1-4H3/t17-,20+,21+,23+,24+,27+,28+,29+,30+/m1/s1. The number of carbonyl (C=O) groups is 3. The van der Waals surface area contributed by atoms with Crippen LogP contribution in [0, 0.1) is 34.5 Å².